The molecule has 0 aliphatic heterocycles. The van der Waals surface area contributed by atoms with Gasteiger partial charge in [0.2, 0.25) is 0 Å². The highest BCUT2D eigenvalue weighted by Gasteiger charge is 2.07. The number of hydrazone groups is 1. The van der Waals surface area contributed by atoms with E-state index in [-0.39, 0.29) is 12.5 Å². The van der Waals surface area contributed by atoms with Gasteiger partial charge in [-0.15, -0.1) is 0 Å². The van der Waals surface area contributed by atoms with Crippen molar-refractivity contribution in [3.8, 4) is 5.75 Å². The Morgan fingerprint density at radius 1 is 1.19 bits per heavy atom. The van der Waals surface area contributed by atoms with Crippen LogP contribution in [-0.2, 0) is 4.79 Å². The number of rotatable bonds is 8. The van der Waals surface area contributed by atoms with Crippen LogP contribution >= 0.6 is 15.9 Å². The number of ether oxygens (including phenoxy) is 1. The van der Waals surface area contributed by atoms with Crippen LogP contribution in [0, 0.1) is 6.92 Å². The molecule has 0 atom stereocenters. The Kier molecular flexibility index (Phi) is 8.00. The molecule has 0 unspecified atom stereocenters. The molecule has 0 fully saturated rings. The van der Waals surface area contributed by atoms with Crippen LogP contribution in [0.15, 0.2) is 52.0 Å². The number of amides is 2. The molecule has 0 aromatic heterocycles. The van der Waals surface area contributed by atoms with Gasteiger partial charge in [-0.05, 0) is 43.7 Å². The van der Waals surface area contributed by atoms with E-state index in [1.165, 1.54) is 6.21 Å². The first-order valence-electron chi connectivity index (χ1n) is 8.58. The lowest BCUT2D eigenvalue weighted by Crippen LogP contribution is -2.34. The fourth-order valence-corrected chi connectivity index (χ4v) is 2.52. The molecule has 0 saturated heterocycles. The number of halogens is 1. The Morgan fingerprint density at radius 3 is 2.63 bits per heavy atom. The molecule has 2 aromatic rings. The molecule has 2 aromatic carbocycles. The lowest BCUT2D eigenvalue weighted by molar-refractivity contribution is -0.120. The number of carbonyl (C=O) groups is 2. The van der Waals surface area contributed by atoms with Crippen molar-refractivity contribution >= 4 is 34.0 Å². The fourth-order valence-electron chi connectivity index (χ4n) is 2.14. The van der Waals surface area contributed by atoms with Crippen molar-refractivity contribution < 1.29 is 14.3 Å². The Hall–Kier alpha value is -2.67. The summed E-state index contributed by atoms with van der Waals surface area (Å²) in [5, 5.41) is 6.50. The molecule has 0 bridgehead atoms. The van der Waals surface area contributed by atoms with Crippen LogP contribution in [0.3, 0.4) is 0 Å². The van der Waals surface area contributed by atoms with E-state index in [2.05, 4.69) is 31.8 Å². The van der Waals surface area contributed by atoms with E-state index >= 15 is 0 Å². The highest BCUT2D eigenvalue weighted by molar-refractivity contribution is 9.10. The van der Waals surface area contributed by atoms with Gasteiger partial charge in [0.1, 0.15) is 5.75 Å². The summed E-state index contributed by atoms with van der Waals surface area (Å²) >= 11 is 3.40. The van der Waals surface area contributed by atoms with Gasteiger partial charge < -0.3 is 10.1 Å². The molecule has 7 heteroatoms. The fraction of sp³-hybridized carbons (Fsp3) is 0.250. The largest absolute Gasteiger partial charge is 0.493 e. The zero-order valence-electron chi connectivity index (χ0n) is 15.3. The van der Waals surface area contributed by atoms with Crippen molar-refractivity contribution in [2.24, 2.45) is 5.10 Å². The van der Waals surface area contributed by atoms with Crippen molar-refractivity contribution in [1.29, 1.82) is 0 Å². The van der Waals surface area contributed by atoms with Gasteiger partial charge in [0.25, 0.3) is 11.8 Å². The molecule has 0 spiro atoms. The van der Waals surface area contributed by atoms with E-state index in [1.54, 1.807) is 12.1 Å². The maximum Gasteiger partial charge on any atom is 0.259 e. The number of nitrogens with zero attached hydrogens (tertiary/aromatic N) is 1. The lowest BCUT2D eigenvalue weighted by Gasteiger charge is -2.08. The van der Waals surface area contributed by atoms with E-state index in [0.717, 1.165) is 22.0 Å². The van der Waals surface area contributed by atoms with E-state index in [1.807, 2.05) is 44.2 Å². The highest BCUT2D eigenvalue weighted by Crippen LogP contribution is 2.21. The van der Waals surface area contributed by atoms with Gasteiger partial charge in [-0.3, -0.25) is 9.59 Å². The second kappa shape index (κ2) is 10.5. The van der Waals surface area contributed by atoms with Gasteiger partial charge in [0.15, 0.2) is 0 Å². The monoisotopic (exact) mass is 431 g/mol. The Balaban J connectivity index is 1.87. The highest BCUT2D eigenvalue weighted by atomic mass is 79.9. The minimum atomic E-state index is -0.419. The summed E-state index contributed by atoms with van der Waals surface area (Å²) in [5.41, 5.74) is 4.70. The summed E-state index contributed by atoms with van der Waals surface area (Å²) in [6.45, 7) is 4.40. The minimum Gasteiger partial charge on any atom is -0.493 e. The first kappa shape index (κ1) is 20.6. The Bertz CT molecular complexity index is 820. The van der Waals surface area contributed by atoms with Crippen molar-refractivity contribution in [1.82, 2.24) is 10.7 Å². The lowest BCUT2D eigenvalue weighted by atomic mass is 10.1. The van der Waals surface area contributed by atoms with E-state index in [4.69, 9.17) is 4.74 Å². The maximum atomic E-state index is 12.0. The number of carbonyl (C=O) groups excluding carboxylic acids is 2. The Labute approximate surface area is 167 Å². The molecule has 0 saturated carbocycles. The van der Waals surface area contributed by atoms with E-state index in [0.29, 0.717) is 17.9 Å². The number of benzene rings is 2. The number of hydrogen-bond donors (Lipinski definition) is 2. The zero-order chi connectivity index (χ0) is 19.6. The zero-order valence-corrected chi connectivity index (χ0v) is 16.9. The summed E-state index contributed by atoms with van der Waals surface area (Å²) < 4.78 is 6.53. The predicted octanol–water partition coefficient (Wildman–Crippen LogP) is 3.43. The third-order valence-corrected chi connectivity index (χ3v) is 4.04. The van der Waals surface area contributed by atoms with Crippen LogP contribution in [-0.4, -0.2) is 31.2 Å². The molecule has 0 heterocycles. The standard InChI is InChI=1S/C20H22BrN3O3/c1-3-10-27-18-9-8-17(21)11-16(18)12-23-24-19(25)13-22-20(26)15-6-4-14(2)5-7-15/h4-9,11-12H,3,10,13H2,1-2H3,(H,22,26)(H,24,25)/b23-12+. The van der Waals surface area contributed by atoms with Crippen LogP contribution < -0.4 is 15.5 Å². The summed E-state index contributed by atoms with van der Waals surface area (Å²) in [6, 6.07) is 12.7. The average molecular weight is 432 g/mol. The van der Waals surface area contributed by atoms with Crippen molar-refractivity contribution in [2.45, 2.75) is 20.3 Å². The van der Waals surface area contributed by atoms with Gasteiger partial charge >= 0.3 is 0 Å². The van der Waals surface area contributed by atoms with Crippen LogP contribution in [0.4, 0.5) is 0 Å². The van der Waals surface area contributed by atoms with E-state index < -0.39 is 5.91 Å². The molecule has 2 amide bonds. The molecule has 0 radical (unpaired) electrons. The first-order chi connectivity index (χ1) is 13.0. The number of aryl methyl sites for hydroxylation is 1. The third-order valence-electron chi connectivity index (χ3n) is 3.55. The Morgan fingerprint density at radius 2 is 1.93 bits per heavy atom. The second-order valence-corrected chi connectivity index (χ2v) is 6.79. The van der Waals surface area contributed by atoms with Gasteiger partial charge in [0, 0.05) is 15.6 Å². The molecule has 142 valence electrons. The van der Waals surface area contributed by atoms with Gasteiger partial charge in [-0.2, -0.15) is 5.10 Å². The van der Waals surface area contributed by atoms with Crippen molar-refractivity contribution in [3.05, 3.63) is 63.6 Å². The molecule has 2 rings (SSSR count). The van der Waals surface area contributed by atoms with Crippen LogP contribution in [0.5, 0.6) is 5.75 Å². The molecular formula is C20H22BrN3O3. The summed E-state index contributed by atoms with van der Waals surface area (Å²) in [6.07, 6.45) is 2.40. The predicted molar refractivity (Wildman–Crippen MR) is 109 cm³/mol. The molecule has 2 N–H and O–H groups in total. The van der Waals surface area contributed by atoms with E-state index in [9.17, 15) is 9.59 Å². The molecule has 6 nitrogen and oxygen atoms in total. The topological polar surface area (TPSA) is 79.8 Å². The molecule has 27 heavy (non-hydrogen) atoms. The van der Waals surface area contributed by atoms with Crippen molar-refractivity contribution in [3.63, 3.8) is 0 Å². The van der Waals surface area contributed by atoms with Crippen LogP contribution in [0.1, 0.15) is 34.8 Å². The van der Waals surface area contributed by atoms with Crippen molar-refractivity contribution in [2.75, 3.05) is 13.2 Å². The molecule has 0 aliphatic carbocycles. The van der Waals surface area contributed by atoms with Gasteiger partial charge in [-0.1, -0.05) is 40.5 Å². The minimum absolute atomic E-state index is 0.165. The smallest absolute Gasteiger partial charge is 0.259 e. The summed E-state index contributed by atoms with van der Waals surface area (Å²) in [7, 11) is 0. The summed E-state index contributed by atoms with van der Waals surface area (Å²) in [4.78, 5) is 23.9. The second-order valence-electron chi connectivity index (χ2n) is 5.87. The third kappa shape index (κ3) is 6.86. The van der Waals surface area contributed by atoms with Crippen LogP contribution in [0.25, 0.3) is 0 Å². The van der Waals surface area contributed by atoms with Gasteiger partial charge in [0.05, 0.1) is 19.4 Å². The maximum absolute atomic E-state index is 12.0. The summed E-state index contributed by atoms with van der Waals surface area (Å²) in [5.74, 6) is -0.0418. The number of hydrogen-bond acceptors (Lipinski definition) is 4. The quantitative estimate of drug-likeness (QED) is 0.496. The van der Waals surface area contributed by atoms with Gasteiger partial charge in [-0.25, -0.2) is 5.43 Å². The SMILES string of the molecule is CCCOc1ccc(Br)cc1/C=N/NC(=O)CNC(=O)c1ccc(C)cc1. The normalized spacial score (nSPS) is 10.6. The molecular weight excluding hydrogens is 410 g/mol. The number of nitrogens with one attached hydrogen (secondary N) is 2. The van der Waals surface area contributed by atoms with Crippen LogP contribution in [0.2, 0.25) is 0 Å². The first-order valence-corrected chi connectivity index (χ1v) is 9.38. The average Bonchev–Trinajstić information content (AvgIpc) is 2.66. The molecule has 0 aliphatic rings.